The molecule has 6 heterocycles. The zero-order chi connectivity index (χ0) is 39.8. The number of aromatic nitrogens is 4. The van der Waals surface area contributed by atoms with Crippen LogP contribution in [0.15, 0.2) is 71.6 Å². The van der Waals surface area contributed by atoms with Gasteiger partial charge < -0.3 is 35.1 Å². The summed E-state index contributed by atoms with van der Waals surface area (Å²) in [6.45, 7) is 6.61. The van der Waals surface area contributed by atoms with E-state index in [1.54, 1.807) is 45.6 Å². The van der Waals surface area contributed by atoms with Crippen molar-refractivity contribution in [2.24, 2.45) is 5.92 Å². The first-order valence-corrected chi connectivity index (χ1v) is 20.9. The number of hydrogen-bond acceptors (Lipinski definition) is 9. The maximum atomic E-state index is 13.6. The number of benzene rings is 2. The third-order valence-corrected chi connectivity index (χ3v) is 12.9. The molecule has 0 aliphatic carbocycles. The number of methoxy groups -OCH3 is 1. The van der Waals surface area contributed by atoms with Crippen LogP contribution in [0.1, 0.15) is 63.8 Å². The van der Waals surface area contributed by atoms with E-state index >= 15 is 0 Å². The molecule has 13 nitrogen and oxygen atoms in total. The number of aromatic amines is 2. The van der Waals surface area contributed by atoms with Crippen LogP contribution in [0.2, 0.25) is 0 Å². The molecule has 3 atom stereocenters. The van der Waals surface area contributed by atoms with Crippen LogP contribution in [0.25, 0.3) is 53.9 Å². The number of thiophene rings is 2. The fraction of sp³-hybridized carbons (Fsp3) is 0.333. The minimum atomic E-state index is -0.632. The van der Waals surface area contributed by atoms with E-state index in [1.165, 1.54) is 27.6 Å². The van der Waals surface area contributed by atoms with Crippen molar-refractivity contribution in [3.8, 4) is 33.5 Å². The molecule has 2 aliphatic heterocycles. The van der Waals surface area contributed by atoms with E-state index in [9.17, 15) is 19.2 Å². The zero-order valence-corrected chi connectivity index (χ0v) is 33.8. The molecule has 2 aromatic carbocycles. The van der Waals surface area contributed by atoms with Gasteiger partial charge in [-0.15, -0.1) is 22.7 Å². The van der Waals surface area contributed by atoms with E-state index < -0.39 is 12.1 Å². The molecule has 3 unspecified atom stereocenters. The van der Waals surface area contributed by atoms with Crippen LogP contribution in [0.4, 0.5) is 4.79 Å². The number of fused-ring (bicyclic) bond motifs is 2. The summed E-state index contributed by atoms with van der Waals surface area (Å²) in [5.41, 5.74) is 8.15. The molecule has 57 heavy (non-hydrogen) atoms. The monoisotopic (exact) mass is 804 g/mol. The van der Waals surface area contributed by atoms with Crippen molar-refractivity contribution in [1.82, 2.24) is 40.4 Å². The second-order valence-electron chi connectivity index (χ2n) is 14.7. The Kier molecular flexibility index (Phi) is 10.7. The van der Waals surface area contributed by atoms with E-state index in [-0.39, 0.29) is 42.3 Å². The molecule has 294 valence electrons. The first-order valence-electron chi connectivity index (χ1n) is 19.2. The van der Waals surface area contributed by atoms with Gasteiger partial charge in [0.25, 0.3) is 0 Å². The molecule has 0 spiro atoms. The Morgan fingerprint density at radius 2 is 1.67 bits per heavy atom. The summed E-state index contributed by atoms with van der Waals surface area (Å²) in [6, 6.07) is 13.6. The van der Waals surface area contributed by atoms with Gasteiger partial charge in [-0.1, -0.05) is 63.3 Å². The van der Waals surface area contributed by atoms with E-state index in [0.717, 1.165) is 52.1 Å². The predicted octanol–water partition coefficient (Wildman–Crippen LogP) is 7.57. The van der Waals surface area contributed by atoms with Gasteiger partial charge in [-0.25, -0.2) is 14.8 Å². The second kappa shape index (κ2) is 16.0. The van der Waals surface area contributed by atoms with Crippen molar-refractivity contribution in [3.05, 3.63) is 83.2 Å². The smallest absolute Gasteiger partial charge is 0.407 e. The van der Waals surface area contributed by atoms with E-state index in [4.69, 9.17) is 4.98 Å². The number of nitrogens with one attached hydrogen (secondary N) is 4. The number of nitrogens with zero attached hydrogens (tertiary/aromatic N) is 4. The fourth-order valence-electron chi connectivity index (χ4n) is 7.66. The number of H-pyrrole nitrogens is 2. The van der Waals surface area contributed by atoms with E-state index in [2.05, 4.69) is 77.5 Å². The second-order valence-corrected chi connectivity index (χ2v) is 16.4. The predicted molar refractivity (Wildman–Crippen MR) is 223 cm³/mol. The van der Waals surface area contributed by atoms with E-state index in [0.29, 0.717) is 25.3 Å². The topological polar surface area (TPSA) is 165 Å². The Hall–Kier alpha value is -5.80. The van der Waals surface area contributed by atoms with Crippen LogP contribution in [0.3, 0.4) is 0 Å². The van der Waals surface area contributed by atoms with Gasteiger partial charge in [-0.3, -0.25) is 14.4 Å². The molecule has 4 amide bonds. The lowest BCUT2D eigenvalue weighted by atomic mass is 10.0. The number of carbonyl (C=O) groups excluding carboxylic acids is 4. The SMILES string of the molecule is CCC(=O)NC(C(=O)N1CC=CC1c1ncc(-c2ccc(-c3csc4c(-c5ccc6nc(C7CCCN7C(=O)CNC(=O)OC)[nH]c6c5)csc34)cc2)[nH]1)C(C)C. The standard InChI is InChI=1S/C42H44N8O5S2/c1-5-34(51)48-36(23(2)3)41(53)50-17-7-8-32(50)39-43-19-31(47-39)25-12-10-24(11-13-25)27-21-56-38-28(22-57-37(27)38)26-14-15-29-30(18-26)46-40(45-29)33-9-6-16-49(33)35(52)20-44-42(54)55-4/h7-8,10-15,18-19,21-23,32-33,36H,5-6,9,16-17,20H2,1-4H3,(H,43,47)(H,44,54)(H,45,46)(H,48,51). The largest absolute Gasteiger partial charge is 0.453 e. The van der Waals surface area contributed by atoms with Crippen molar-refractivity contribution in [1.29, 1.82) is 0 Å². The van der Waals surface area contributed by atoms with Crippen LogP contribution < -0.4 is 10.6 Å². The van der Waals surface area contributed by atoms with Crippen molar-refractivity contribution in [2.45, 2.75) is 58.2 Å². The number of amides is 4. The molecule has 4 N–H and O–H groups in total. The Morgan fingerprint density at radius 3 is 2.39 bits per heavy atom. The van der Waals surface area contributed by atoms with Gasteiger partial charge in [0.15, 0.2) is 0 Å². The highest BCUT2D eigenvalue weighted by molar-refractivity contribution is 7.27. The summed E-state index contributed by atoms with van der Waals surface area (Å²) in [7, 11) is 1.27. The van der Waals surface area contributed by atoms with Crippen LogP contribution in [-0.2, 0) is 19.1 Å². The zero-order valence-electron chi connectivity index (χ0n) is 32.1. The highest BCUT2D eigenvalue weighted by atomic mass is 32.1. The van der Waals surface area contributed by atoms with Gasteiger partial charge in [0.05, 0.1) is 45.5 Å². The molecule has 15 heteroatoms. The minimum Gasteiger partial charge on any atom is -0.453 e. The molecule has 4 aromatic heterocycles. The van der Waals surface area contributed by atoms with Crippen molar-refractivity contribution in [3.63, 3.8) is 0 Å². The number of imidazole rings is 2. The number of alkyl carbamates (subject to hydrolysis) is 1. The van der Waals surface area contributed by atoms with Crippen molar-refractivity contribution >= 4 is 66.9 Å². The van der Waals surface area contributed by atoms with Gasteiger partial charge in [-0.05, 0) is 47.6 Å². The van der Waals surface area contributed by atoms with Gasteiger partial charge >= 0.3 is 6.09 Å². The van der Waals surface area contributed by atoms with Crippen molar-refractivity contribution in [2.75, 3.05) is 26.7 Å². The number of hydrogen-bond donors (Lipinski definition) is 4. The fourth-order valence-corrected chi connectivity index (χ4v) is 10.1. The molecule has 1 fully saturated rings. The lowest BCUT2D eigenvalue weighted by Crippen LogP contribution is -2.51. The highest BCUT2D eigenvalue weighted by Gasteiger charge is 2.35. The van der Waals surface area contributed by atoms with Crippen LogP contribution in [0.5, 0.6) is 0 Å². The molecular weight excluding hydrogens is 761 g/mol. The molecule has 1 saturated heterocycles. The maximum absolute atomic E-state index is 13.6. The number of carbonyl (C=O) groups is 4. The summed E-state index contributed by atoms with van der Waals surface area (Å²) >= 11 is 3.46. The van der Waals surface area contributed by atoms with Crippen LogP contribution in [0, 0.1) is 5.92 Å². The van der Waals surface area contributed by atoms with Crippen LogP contribution >= 0.6 is 22.7 Å². The summed E-state index contributed by atoms with van der Waals surface area (Å²) in [4.78, 5) is 70.2. The number of rotatable bonds is 11. The van der Waals surface area contributed by atoms with Gasteiger partial charge in [0.2, 0.25) is 17.7 Å². The Bertz CT molecular complexity index is 2500. The molecular formula is C42H44N8O5S2. The summed E-state index contributed by atoms with van der Waals surface area (Å²) in [5.74, 6) is 0.945. The van der Waals surface area contributed by atoms with E-state index in [1.807, 2.05) is 32.1 Å². The van der Waals surface area contributed by atoms with Crippen LogP contribution in [-0.4, -0.2) is 86.3 Å². The summed E-state index contributed by atoms with van der Waals surface area (Å²) in [5, 5.41) is 9.81. The summed E-state index contributed by atoms with van der Waals surface area (Å²) in [6.07, 6.45) is 7.10. The Morgan fingerprint density at radius 1 is 0.947 bits per heavy atom. The average Bonchev–Trinajstić information content (AvgIpc) is 4.08. The Labute approximate surface area is 337 Å². The van der Waals surface area contributed by atoms with Gasteiger partial charge in [0.1, 0.15) is 30.3 Å². The Balaban J connectivity index is 0.972. The third-order valence-electron chi connectivity index (χ3n) is 10.7. The summed E-state index contributed by atoms with van der Waals surface area (Å²) < 4.78 is 7.06. The first kappa shape index (κ1) is 38.1. The highest BCUT2D eigenvalue weighted by Crippen LogP contribution is 2.45. The minimum absolute atomic E-state index is 0.0506. The lowest BCUT2D eigenvalue weighted by molar-refractivity contribution is -0.138. The molecule has 6 aromatic rings. The number of likely N-dealkylation sites (tertiary alicyclic amines) is 1. The first-order chi connectivity index (χ1) is 27.6. The lowest BCUT2D eigenvalue weighted by Gasteiger charge is -2.30. The quantitative estimate of drug-likeness (QED) is 0.0981. The average molecular weight is 805 g/mol. The van der Waals surface area contributed by atoms with Crippen molar-refractivity contribution < 1.29 is 23.9 Å². The molecule has 0 radical (unpaired) electrons. The molecule has 8 rings (SSSR count). The third kappa shape index (κ3) is 7.44. The molecule has 2 aliphatic rings. The van der Waals surface area contributed by atoms with Gasteiger partial charge in [0, 0.05) is 41.4 Å². The molecule has 0 saturated carbocycles. The number of ether oxygens (including phenoxy) is 1. The normalized spacial score (nSPS) is 17.2. The molecule has 0 bridgehead atoms. The maximum Gasteiger partial charge on any atom is 0.407 e. The van der Waals surface area contributed by atoms with Gasteiger partial charge in [-0.2, -0.15) is 0 Å².